The maximum Gasteiger partial charge on any atom is 0.325 e. The molecular weight excluding hydrogens is 342 g/mol. The molecule has 0 bridgehead atoms. The highest BCUT2D eigenvalue weighted by atomic mass is 16.2. The standard InChI is InChI=1S/C20H25N5O2/c1-13(2)12-25-19(27)21-18(26)20(25)8-10-24(11-9-20)17-16-7-5-4-6-15(16)14(3)22-23-17/h4-7,13H,8-12H2,1-3H3,(H,21,26,27). The molecule has 7 nitrogen and oxygen atoms in total. The fourth-order valence-corrected chi connectivity index (χ4v) is 4.26. The van der Waals surface area contributed by atoms with Crippen LogP contribution in [0, 0.1) is 12.8 Å². The number of piperidine rings is 1. The van der Waals surface area contributed by atoms with Crippen LogP contribution in [-0.2, 0) is 4.79 Å². The first kappa shape index (κ1) is 17.7. The van der Waals surface area contributed by atoms with Crippen LogP contribution in [0.2, 0.25) is 0 Å². The number of aryl methyl sites for hydroxylation is 1. The molecule has 3 heterocycles. The third-order valence-corrected chi connectivity index (χ3v) is 5.70. The molecule has 4 rings (SSSR count). The van der Waals surface area contributed by atoms with Gasteiger partial charge in [0.25, 0.3) is 5.91 Å². The topological polar surface area (TPSA) is 78.4 Å². The predicted octanol–water partition coefficient (Wildman–Crippen LogP) is 2.49. The molecule has 1 aromatic heterocycles. The van der Waals surface area contributed by atoms with Crippen molar-refractivity contribution in [1.82, 2.24) is 20.4 Å². The lowest BCUT2D eigenvalue weighted by Gasteiger charge is -2.43. The van der Waals surface area contributed by atoms with E-state index in [1.165, 1.54) is 0 Å². The van der Waals surface area contributed by atoms with Crippen LogP contribution in [0.1, 0.15) is 32.4 Å². The lowest BCUT2D eigenvalue weighted by Crippen LogP contribution is -2.57. The summed E-state index contributed by atoms with van der Waals surface area (Å²) in [5.74, 6) is 1.00. The SMILES string of the molecule is Cc1nnc(N2CCC3(CC2)C(=O)NC(=O)N3CC(C)C)c2ccccc12. The molecule has 7 heteroatoms. The summed E-state index contributed by atoms with van der Waals surface area (Å²) < 4.78 is 0. The molecule has 0 radical (unpaired) electrons. The molecule has 1 aromatic carbocycles. The van der Waals surface area contributed by atoms with Crippen LogP contribution in [0.5, 0.6) is 0 Å². The van der Waals surface area contributed by atoms with E-state index in [9.17, 15) is 9.59 Å². The molecule has 1 spiro atoms. The molecular formula is C20H25N5O2. The summed E-state index contributed by atoms with van der Waals surface area (Å²) in [6.45, 7) is 8.00. The number of urea groups is 1. The number of rotatable bonds is 3. The second kappa shape index (κ2) is 6.48. The van der Waals surface area contributed by atoms with Gasteiger partial charge in [0.05, 0.1) is 5.69 Å². The molecule has 3 amide bonds. The molecule has 2 aromatic rings. The number of nitrogens with one attached hydrogen (secondary N) is 1. The molecule has 27 heavy (non-hydrogen) atoms. The van der Waals surface area contributed by atoms with E-state index in [0.29, 0.717) is 38.4 Å². The van der Waals surface area contributed by atoms with E-state index < -0.39 is 5.54 Å². The van der Waals surface area contributed by atoms with Crippen molar-refractivity contribution in [2.75, 3.05) is 24.5 Å². The first-order chi connectivity index (χ1) is 12.9. The average molecular weight is 367 g/mol. The van der Waals surface area contributed by atoms with E-state index in [1.54, 1.807) is 4.90 Å². The molecule has 2 saturated heterocycles. The maximum atomic E-state index is 12.6. The Hall–Kier alpha value is -2.70. The van der Waals surface area contributed by atoms with Crippen LogP contribution in [0.4, 0.5) is 10.6 Å². The molecule has 2 aliphatic heterocycles. The van der Waals surface area contributed by atoms with Gasteiger partial charge in [0.2, 0.25) is 0 Å². The summed E-state index contributed by atoms with van der Waals surface area (Å²) in [5, 5.41) is 13.5. The van der Waals surface area contributed by atoms with Crippen molar-refractivity contribution in [1.29, 1.82) is 0 Å². The monoisotopic (exact) mass is 367 g/mol. The number of amides is 3. The van der Waals surface area contributed by atoms with E-state index in [2.05, 4.69) is 46.4 Å². The van der Waals surface area contributed by atoms with Gasteiger partial charge in [-0.25, -0.2) is 4.79 Å². The summed E-state index contributed by atoms with van der Waals surface area (Å²) in [5.41, 5.74) is 0.179. The van der Waals surface area contributed by atoms with E-state index >= 15 is 0 Å². The van der Waals surface area contributed by atoms with Gasteiger partial charge in [0.1, 0.15) is 5.54 Å². The quantitative estimate of drug-likeness (QED) is 0.843. The number of hydrogen-bond acceptors (Lipinski definition) is 5. The van der Waals surface area contributed by atoms with Gasteiger partial charge < -0.3 is 9.80 Å². The van der Waals surface area contributed by atoms with Crippen molar-refractivity contribution >= 4 is 28.5 Å². The molecule has 2 aliphatic rings. The minimum absolute atomic E-state index is 0.160. The lowest BCUT2D eigenvalue weighted by molar-refractivity contribution is -0.127. The zero-order chi connectivity index (χ0) is 19.2. The van der Waals surface area contributed by atoms with Gasteiger partial charge in [0.15, 0.2) is 5.82 Å². The molecule has 1 N–H and O–H groups in total. The zero-order valence-electron chi connectivity index (χ0n) is 16.0. The number of carbonyl (C=O) groups excluding carboxylic acids is 2. The van der Waals surface area contributed by atoms with Gasteiger partial charge in [-0.1, -0.05) is 38.1 Å². The number of imide groups is 1. The molecule has 0 saturated carbocycles. The first-order valence-electron chi connectivity index (χ1n) is 9.52. The Morgan fingerprint density at radius 3 is 2.44 bits per heavy atom. The number of benzene rings is 1. The van der Waals surface area contributed by atoms with Crippen molar-refractivity contribution in [2.24, 2.45) is 5.92 Å². The molecule has 0 aliphatic carbocycles. The summed E-state index contributed by atoms with van der Waals surface area (Å²) in [4.78, 5) is 28.9. The Labute approximate surface area is 158 Å². The fraction of sp³-hybridized carbons (Fsp3) is 0.500. The van der Waals surface area contributed by atoms with Gasteiger partial charge in [-0.2, -0.15) is 5.10 Å². The van der Waals surface area contributed by atoms with Gasteiger partial charge in [0, 0.05) is 30.4 Å². The highest BCUT2D eigenvalue weighted by Gasteiger charge is 2.54. The van der Waals surface area contributed by atoms with Crippen LogP contribution in [0.25, 0.3) is 10.8 Å². The Balaban J connectivity index is 1.62. The highest BCUT2D eigenvalue weighted by molar-refractivity contribution is 6.07. The van der Waals surface area contributed by atoms with Crippen LogP contribution >= 0.6 is 0 Å². The van der Waals surface area contributed by atoms with E-state index in [4.69, 9.17) is 0 Å². The number of fused-ring (bicyclic) bond motifs is 1. The number of carbonyl (C=O) groups is 2. The molecule has 142 valence electrons. The predicted molar refractivity (Wildman–Crippen MR) is 104 cm³/mol. The molecule has 0 atom stereocenters. The lowest BCUT2D eigenvalue weighted by atomic mass is 9.85. The van der Waals surface area contributed by atoms with E-state index in [1.807, 2.05) is 19.1 Å². The van der Waals surface area contributed by atoms with Crippen LogP contribution < -0.4 is 10.2 Å². The average Bonchev–Trinajstić information content (AvgIpc) is 2.87. The van der Waals surface area contributed by atoms with Crippen molar-refractivity contribution in [3.63, 3.8) is 0 Å². The Morgan fingerprint density at radius 2 is 1.78 bits per heavy atom. The Kier molecular flexibility index (Phi) is 4.25. The number of hydrogen-bond donors (Lipinski definition) is 1. The fourth-order valence-electron chi connectivity index (χ4n) is 4.26. The minimum atomic E-state index is -0.730. The van der Waals surface area contributed by atoms with Crippen LogP contribution in [0.3, 0.4) is 0 Å². The summed E-state index contributed by atoms with van der Waals surface area (Å²) >= 11 is 0. The van der Waals surface area contributed by atoms with Gasteiger partial charge in [-0.3, -0.25) is 10.1 Å². The summed E-state index contributed by atoms with van der Waals surface area (Å²) in [6.07, 6.45) is 1.20. The normalized spacial score (nSPS) is 19.4. The maximum absolute atomic E-state index is 12.6. The van der Waals surface area contributed by atoms with Crippen molar-refractivity contribution in [3.05, 3.63) is 30.0 Å². The van der Waals surface area contributed by atoms with Gasteiger partial charge in [-0.15, -0.1) is 5.10 Å². The van der Waals surface area contributed by atoms with Crippen LogP contribution in [-0.4, -0.2) is 52.2 Å². The number of aromatic nitrogens is 2. The van der Waals surface area contributed by atoms with Crippen molar-refractivity contribution < 1.29 is 9.59 Å². The van der Waals surface area contributed by atoms with Crippen molar-refractivity contribution in [2.45, 2.75) is 39.2 Å². The smallest absolute Gasteiger partial charge is 0.325 e. The van der Waals surface area contributed by atoms with Gasteiger partial charge >= 0.3 is 6.03 Å². The van der Waals surface area contributed by atoms with Crippen molar-refractivity contribution in [3.8, 4) is 0 Å². The zero-order valence-corrected chi connectivity index (χ0v) is 16.0. The number of anilines is 1. The Bertz CT molecular complexity index is 902. The summed E-state index contributed by atoms with van der Waals surface area (Å²) in [7, 11) is 0. The summed E-state index contributed by atoms with van der Waals surface area (Å²) in [6, 6.07) is 7.87. The largest absolute Gasteiger partial charge is 0.354 e. The van der Waals surface area contributed by atoms with E-state index in [0.717, 1.165) is 22.3 Å². The van der Waals surface area contributed by atoms with Gasteiger partial charge in [-0.05, 0) is 25.7 Å². The highest BCUT2D eigenvalue weighted by Crippen LogP contribution is 2.36. The third kappa shape index (κ3) is 2.81. The minimum Gasteiger partial charge on any atom is -0.354 e. The Morgan fingerprint density at radius 1 is 1.11 bits per heavy atom. The first-order valence-corrected chi connectivity index (χ1v) is 9.52. The molecule has 0 unspecified atom stereocenters. The molecule has 2 fully saturated rings. The third-order valence-electron chi connectivity index (χ3n) is 5.70. The number of nitrogens with zero attached hydrogens (tertiary/aromatic N) is 4. The second-order valence-corrected chi connectivity index (χ2v) is 7.94. The second-order valence-electron chi connectivity index (χ2n) is 7.94. The van der Waals surface area contributed by atoms with E-state index in [-0.39, 0.29) is 11.9 Å². The van der Waals surface area contributed by atoms with Crippen LogP contribution in [0.15, 0.2) is 24.3 Å².